The van der Waals surface area contributed by atoms with Gasteiger partial charge in [-0.3, -0.25) is 19.1 Å². The highest BCUT2D eigenvalue weighted by Crippen LogP contribution is 2.37. The van der Waals surface area contributed by atoms with Gasteiger partial charge in [0.25, 0.3) is 5.91 Å². The molecule has 1 atom stereocenters. The summed E-state index contributed by atoms with van der Waals surface area (Å²) in [5.41, 5.74) is 0.894. The fourth-order valence-corrected chi connectivity index (χ4v) is 7.36. The summed E-state index contributed by atoms with van der Waals surface area (Å²) in [6.07, 6.45) is 0.617. The molecular weight excluding hydrogens is 729 g/mol. The van der Waals surface area contributed by atoms with Gasteiger partial charge in [-0.2, -0.15) is 17.0 Å². The van der Waals surface area contributed by atoms with Crippen molar-refractivity contribution in [2.24, 2.45) is 5.92 Å². The molecule has 4 N–H and O–H groups in total. The third-order valence-corrected chi connectivity index (χ3v) is 11.6. The van der Waals surface area contributed by atoms with E-state index < -0.39 is 50.5 Å². The van der Waals surface area contributed by atoms with Gasteiger partial charge in [0.1, 0.15) is 17.5 Å². The summed E-state index contributed by atoms with van der Waals surface area (Å²) in [5, 5.41) is 8.35. The maximum absolute atomic E-state index is 13.9. The van der Waals surface area contributed by atoms with E-state index in [9.17, 15) is 31.2 Å². The van der Waals surface area contributed by atoms with E-state index >= 15 is 0 Å². The molecule has 53 heavy (non-hydrogen) atoms. The number of carbonyl (C=O) groups excluding carboxylic acids is 3. The van der Waals surface area contributed by atoms with Gasteiger partial charge >= 0.3 is 10.2 Å². The zero-order valence-corrected chi connectivity index (χ0v) is 32.1. The number of nitrogens with one attached hydrogen (secondary N) is 4. The number of rotatable bonds is 8. The van der Waals surface area contributed by atoms with E-state index in [-0.39, 0.29) is 53.9 Å². The maximum Gasteiger partial charge on any atom is 0.301 e. The summed E-state index contributed by atoms with van der Waals surface area (Å²) in [7, 11) is -2.50. The molecule has 1 heterocycles. The van der Waals surface area contributed by atoms with Crippen molar-refractivity contribution in [3.8, 4) is 23.0 Å². The molecule has 1 aliphatic heterocycles. The minimum Gasteiger partial charge on any atom is -0.496 e. The summed E-state index contributed by atoms with van der Waals surface area (Å²) in [6, 6.07) is 13.8. The molecule has 4 rings (SSSR count). The Labute approximate surface area is 310 Å². The van der Waals surface area contributed by atoms with Crippen LogP contribution in [0.5, 0.6) is 23.0 Å². The molecule has 0 fully saturated rings. The van der Waals surface area contributed by atoms with Crippen LogP contribution in [0.25, 0.3) is 0 Å². The molecule has 0 aromatic heterocycles. The number of hydrogen-bond acceptors (Lipinski definition) is 10. The number of nitrogens with zero attached hydrogens (tertiary/aromatic N) is 2. The first kappa shape index (κ1) is 40.9. The second-order valence-corrected chi connectivity index (χ2v) is 16.4. The van der Waals surface area contributed by atoms with Gasteiger partial charge in [-0.1, -0.05) is 19.9 Å². The van der Waals surface area contributed by atoms with E-state index in [1.165, 1.54) is 58.6 Å². The van der Waals surface area contributed by atoms with Crippen LogP contribution in [-0.2, 0) is 36.4 Å². The summed E-state index contributed by atoms with van der Waals surface area (Å²) in [4.78, 5) is 40.0. The summed E-state index contributed by atoms with van der Waals surface area (Å²) in [5.74, 6) is -0.700. The Bertz CT molecular complexity index is 2010. The average Bonchev–Trinajstić information content (AvgIpc) is 3.11. The van der Waals surface area contributed by atoms with Crippen molar-refractivity contribution in [1.82, 2.24) is 24.6 Å². The van der Waals surface area contributed by atoms with Gasteiger partial charge in [0.15, 0.2) is 11.5 Å². The number of hydrogen-bond donors (Lipinski definition) is 4. The molecule has 0 unspecified atom stereocenters. The third-order valence-electron chi connectivity index (χ3n) is 8.32. The quantitative estimate of drug-likeness (QED) is 0.264. The van der Waals surface area contributed by atoms with E-state index in [1.54, 1.807) is 44.2 Å². The lowest BCUT2D eigenvalue weighted by Gasteiger charge is -2.26. The normalized spacial score (nSPS) is 17.1. The van der Waals surface area contributed by atoms with Crippen LogP contribution in [-0.4, -0.2) is 97.2 Å². The Balaban J connectivity index is 1.67. The smallest absolute Gasteiger partial charge is 0.301 e. The fraction of sp³-hybridized carbons (Fsp3) is 0.400. The first-order valence-electron chi connectivity index (χ1n) is 16.7. The van der Waals surface area contributed by atoms with E-state index in [0.717, 1.165) is 8.61 Å². The Morgan fingerprint density at radius 1 is 0.887 bits per heavy atom. The van der Waals surface area contributed by atoms with E-state index in [2.05, 4.69) is 20.7 Å². The van der Waals surface area contributed by atoms with Crippen molar-refractivity contribution in [3.05, 3.63) is 71.8 Å². The van der Waals surface area contributed by atoms with Crippen molar-refractivity contribution < 1.29 is 45.4 Å². The molecule has 3 aromatic carbocycles. The predicted molar refractivity (Wildman–Crippen MR) is 198 cm³/mol. The molecule has 0 radical (unpaired) electrons. The first-order valence-corrected chi connectivity index (χ1v) is 19.6. The van der Waals surface area contributed by atoms with E-state index in [4.69, 9.17) is 14.2 Å². The number of fused-ring (bicyclic) bond motifs is 3. The Hall–Kier alpha value is -4.91. The van der Waals surface area contributed by atoms with Crippen LogP contribution in [0.2, 0.25) is 0 Å². The molecular formula is C35H46N6O10S2. The monoisotopic (exact) mass is 774 g/mol. The van der Waals surface area contributed by atoms with Crippen LogP contribution in [0.3, 0.4) is 0 Å². The zero-order chi connectivity index (χ0) is 38.9. The van der Waals surface area contributed by atoms with Crippen molar-refractivity contribution in [2.75, 3.05) is 52.7 Å². The SMILES string of the molecule is COc1ccc2cc1Oc1cccc(OC)c1CNC(=O)[C@@H](C(C)C)NC(=O)CN(S(=O)(=O)c1ccc(NS(=O)(=O)N(C)C)cc1)CCCCNC2=O. The zero-order valence-electron chi connectivity index (χ0n) is 30.5. The number of carbonyl (C=O) groups is 3. The molecule has 3 amide bonds. The number of sulfonamides is 1. The molecule has 0 saturated heterocycles. The first-order chi connectivity index (χ1) is 25.1. The van der Waals surface area contributed by atoms with Crippen LogP contribution >= 0.6 is 0 Å². The molecule has 2 bridgehead atoms. The number of amides is 3. The molecule has 16 nitrogen and oxygen atoms in total. The predicted octanol–water partition coefficient (Wildman–Crippen LogP) is 2.69. The minimum absolute atomic E-state index is 0.0685. The van der Waals surface area contributed by atoms with Crippen molar-refractivity contribution in [1.29, 1.82) is 0 Å². The van der Waals surface area contributed by atoms with E-state index in [0.29, 0.717) is 29.2 Å². The lowest BCUT2D eigenvalue weighted by atomic mass is 10.0. The maximum atomic E-state index is 13.9. The minimum atomic E-state index is -4.30. The fourth-order valence-electron chi connectivity index (χ4n) is 5.31. The second-order valence-electron chi connectivity index (χ2n) is 12.6. The van der Waals surface area contributed by atoms with Crippen LogP contribution < -0.4 is 34.9 Å². The number of benzene rings is 3. The van der Waals surface area contributed by atoms with Crippen molar-refractivity contribution in [3.63, 3.8) is 0 Å². The Morgan fingerprint density at radius 3 is 2.23 bits per heavy atom. The van der Waals surface area contributed by atoms with Crippen LogP contribution in [0.4, 0.5) is 5.69 Å². The summed E-state index contributed by atoms with van der Waals surface area (Å²) >= 11 is 0. The topological polar surface area (TPSA) is 202 Å². The molecule has 1 aliphatic rings. The number of methoxy groups -OCH3 is 2. The second kappa shape index (κ2) is 17.7. The average molecular weight is 775 g/mol. The lowest BCUT2D eigenvalue weighted by molar-refractivity contribution is -0.130. The Kier molecular flexibility index (Phi) is 13.7. The van der Waals surface area contributed by atoms with Crippen LogP contribution in [0.1, 0.15) is 42.6 Å². The Morgan fingerprint density at radius 2 is 1.58 bits per heavy atom. The van der Waals surface area contributed by atoms with E-state index in [1.807, 2.05) is 0 Å². The molecule has 0 spiro atoms. The molecule has 18 heteroatoms. The summed E-state index contributed by atoms with van der Waals surface area (Å²) in [6.45, 7) is 2.90. The van der Waals surface area contributed by atoms with Gasteiger partial charge in [-0.25, -0.2) is 8.42 Å². The largest absolute Gasteiger partial charge is 0.496 e. The molecule has 3 aromatic rings. The van der Waals surface area contributed by atoms with Crippen molar-refractivity contribution >= 4 is 43.6 Å². The van der Waals surface area contributed by atoms with Gasteiger partial charge in [0.2, 0.25) is 21.8 Å². The summed E-state index contributed by atoms with van der Waals surface area (Å²) < 4.78 is 73.9. The van der Waals surface area contributed by atoms with Crippen molar-refractivity contribution in [2.45, 2.75) is 44.2 Å². The number of anilines is 1. The highest BCUT2D eigenvalue weighted by atomic mass is 32.2. The van der Waals surface area contributed by atoms with Crippen LogP contribution in [0, 0.1) is 5.92 Å². The highest BCUT2D eigenvalue weighted by molar-refractivity contribution is 7.90. The third kappa shape index (κ3) is 10.4. The van der Waals surface area contributed by atoms with Gasteiger partial charge in [0.05, 0.1) is 37.8 Å². The molecule has 0 aliphatic carbocycles. The standard InChI is InChI=1S/C35H46N6O10S2/c1-23(2)33-35(44)37-21-27-28(49-5)10-9-11-29(27)51-31-20-24(12-17-30(31)50-6)34(43)36-18-7-8-19-41(22-32(42)38-33)52(45,46)26-15-13-25(14-16-26)39-53(47,48)40(3)4/h9-17,20,23,33,39H,7-8,18-19,21-22H2,1-6H3,(H,36,43)(H,37,44)(H,38,42)/t33-/m1/s1. The van der Waals surface area contributed by atoms with Gasteiger partial charge in [0, 0.05) is 38.4 Å². The molecule has 288 valence electrons. The highest BCUT2D eigenvalue weighted by Gasteiger charge is 2.30. The van der Waals surface area contributed by atoms with Gasteiger partial charge < -0.3 is 30.2 Å². The molecule has 0 saturated carbocycles. The van der Waals surface area contributed by atoms with Gasteiger partial charge in [-0.05, 0) is 73.4 Å². The number of ether oxygens (including phenoxy) is 3. The lowest BCUT2D eigenvalue weighted by Crippen LogP contribution is -2.52. The van der Waals surface area contributed by atoms with Gasteiger partial charge in [-0.15, -0.1) is 0 Å². The van der Waals surface area contributed by atoms with Crippen LogP contribution in [0.15, 0.2) is 65.6 Å².